The van der Waals surface area contributed by atoms with Crippen LogP contribution in [0.15, 0.2) is 170 Å². The van der Waals surface area contributed by atoms with Crippen molar-refractivity contribution in [1.82, 2.24) is 0 Å². The largest absolute Gasteiger partial charge is 0.504 e. The van der Waals surface area contributed by atoms with Crippen molar-refractivity contribution in [2.24, 2.45) is 0 Å². The first-order valence-electron chi connectivity index (χ1n) is 30.1. The molecule has 4 heterocycles. The Labute approximate surface area is 577 Å². The molecule has 0 unspecified atom stereocenters. The summed E-state index contributed by atoms with van der Waals surface area (Å²) in [6, 6.07) is 24.1. The summed E-state index contributed by atoms with van der Waals surface area (Å²) in [4.78, 5) is 77.4. The summed E-state index contributed by atoms with van der Waals surface area (Å²) in [5, 5.41) is 64.6. The zero-order valence-corrected chi connectivity index (χ0v) is 56.2. The van der Waals surface area contributed by atoms with E-state index in [1.54, 1.807) is 75.4 Å². The lowest BCUT2D eigenvalue weighted by Crippen LogP contribution is -2.11. The van der Waals surface area contributed by atoms with Crippen molar-refractivity contribution in [3.05, 3.63) is 175 Å². The van der Waals surface area contributed by atoms with Crippen molar-refractivity contribution < 1.29 is 106 Å². The number of carbonyl (C=O) groups excluding carboxylic acids is 3. The van der Waals surface area contributed by atoms with Gasteiger partial charge < -0.3 is 91.3 Å². The van der Waals surface area contributed by atoms with Gasteiger partial charge in [-0.3, -0.25) is 4.79 Å². The van der Waals surface area contributed by atoms with Crippen LogP contribution < -0.4 is 50.9 Å². The van der Waals surface area contributed by atoms with E-state index in [-0.39, 0.29) is 77.4 Å². The number of aromatic hydroxyl groups is 2. The van der Waals surface area contributed by atoms with Gasteiger partial charge in [0, 0.05) is 164 Å². The van der Waals surface area contributed by atoms with Crippen LogP contribution in [0.25, 0.3) is 43.9 Å². The number of halogens is 2. The number of allylic oxidation sites excluding steroid dienone is 1. The highest BCUT2D eigenvalue weighted by Gasteiger charge is 2.15. The molecule has 4 aromatic heterocycles. The van der Waals surface area contributed by atoms with Crippen molar-refractivity contribution in [1.29, 1.82) is 0 Å². The van der Waals surface area contributed by atoms with Crippen LogP contribution in [0.2, 0.25) is 0 Å². The minimum absolute atomic E-state index is 0. The molecule has 0 bridgehead atoms. The SMILES string of the molecule is C.C=C(C)C(=O)Cl.C=C(C)C(=O)OCCCOc1cc2ccc(=O)oc2cc1OCCCOC(=O)C(=C)C.O=c1ccc2cc(O)c(O)cc2o1.O=c1ccc2cc(OCCCO)c(OCCCO)cc2o1.O=c1ccc2cc(OCCCO)c(OCCCO)cc2o1.OCCCBr. The molecule has 0 atom stereocenters. The Balaban J connectivity index is 0.000000433. The van der Waals surface area contributed by atoms with E-state index in [4.69, 9.17) is 103 Å². The standard InChI is InChI=1S/C23H26O8.2C15H18O6.C9H6O4.C4H5ClO.C3H7BrO.CH4/c1-15(2)22(25)29-11-5-9-27-19-13-17-7-8-21(24)31-18(17)14-20(19)28-10-6-12-30-23(26)16(3)4;2*16-5-1-7-19-13-9-11-3-4-15(18)21-12(11)10-14(13)20-8-2-6-17;10-6-3-5-1-2-9(12)13-8(5)4-7(6)11;1-3(2)4(5)6;4-2-1-3-5;/h7-8,13-14H,1,3,5-6,9-12H2,2,4H3;2*3-4,9-10,16-17H,1-2,5-8H2;1-4,10-11H;1H2,2H3;5H,1-3H2;1H4. The number of aliphatic hydroxyl groups is 5. The molecule has 0 saturated carbocycles. The van der Waals surface area contributed by atoms with E-state index in [0.717, 1.165) is 22.5 Å². The zero-order chi connectivity index (χ0) is 71.7. The van der Waals surface area contributed by atoms with Crippen LogP contribution in [0.1, 0.15) is 73.1 Å². The van der Waals surface area contributed by atoms with Crippen LogP contribution >= 0.6 is 27.5 Å². The number of rotatable bonds is 31. The van der Waals surface area contributed by atoms with Crippen LogP contribution in [0, 0.1) is 0 Å². The highest BCUT2D eigenvalue weighted by atomic mass is 79.9. The van der Waals surface area contributed by atoms with Crippen molar-refractivity contribution in [3.8, 4) is 46.0 Å². The van der Waals surface area contributed by atoms with E-state index < -0.39 is 39.7 Å². The lowest BCUT2D eigenvalue weighted by Gasteiger charge is -2.14. The average Bonchev–Trinajstić information content (AvgIpc) is 0.989. The number of benzene rings is 4. The Kier molecular flexibility index (Phi) is 41.0. The van der Waals surface area contributed by atoms with Gasteiger partial charge in [-0.2, -0.15) is 0 Å². The fourth-order valence-electron chi connectivity index (χ4n) is 7.10. The second-order valence-electron chi connectivity index (χ2n) is 20.2. The Bertz CT molecular complexity index is 3930. The predicted molar refractivity (Wildman–Crippen MR) is 372 cm³/mol. The Hall–Kier alpha value is -9.48. The van der Waals surface area contributed by atoms with E-state index >= 15 is 0 Å². The van der Waals surface area contributed by atoms with Gasteiger partial charge in [0.2, 0.25) is 5.24 Å². The molecule has 0 aliphatic heterocycles. The van der Waals surface area contributed by atoms with Crippen LogP contribution in [0.4, 0.5) is 0 Å². The van der Waals surface area contributed by atoms with Crippen molar-refractivity contribution in [2.45, 2.75) is 73.1 Å². The van der Waals surface area contributed by atoms with Gasteiger partial charge in [-0.1, -0.05) is 43.1 Å². The third-order valence-electron chi connectivity index (χ3n) is 11.9. The van der Waals surface area contributed by atoms with E-state index in [9.17, 15) is 33.6 Å². The molecule has 0 aliphatic rings. The van der Waals surface area contributed by atoms with Gasteiger partial charge in [0.15, 0.2) is 46.0 Å². The number of aliphatic hydroxyl groups excluding tert-OH is 5. The van der Waals surface area contributed by atoms with Gasteiger partial charge in [-0.05, 0) is 87.3 Å². The summed E-state index contributed by atoms with van der Waals surface area (Å²) in [6.45, 7) is 17.7. The molecular weight excluding hydrogens is 1370 g/mol. The molecule has 534 valence electrons. The second kappa shape index (κ2) is 47.4. The Morgan fingerprint density at radius 2 is 0.633 bits per heavy atom. The quantitative estimate of drug-likeness (QED) is 0.00404. The number of esters is 2. The fourth-order valence-corrected chi connectivity index (χ4v) is 7.35. The molecular formula is C70H84BrClO26. The molecule has 4 aromatic carbocycles. The lowest BCUT2D eigenvalue weighted by atomic mass is 10.2. The summed E-state index contributed by atoms with van der Waals surface area (Å²) in [5.41, 5.74) is 0.660. The van der Waals surface area contributed by atoms with Gasteiger partial charge in [0.1, 0.15) is 22.3 Å². The number of phenolic OH excluding ortho intramolecular Hbond substituents is 2. The van der Waals surface area contributed by atoms with Crippen LogP contribution in [0.5, 0.6) is 46.0 Å². The molecule has 0 spiro atoms. The summed E-state index contributed by atoms with van der Waals surface area (Å²) >= 11 is 8.02. The molecule has 28 heteroatoms. The molecule has 26 nitrogen and oxygen atoms in total. The summed E-state index contributed by atoms with van der Waals surface area (Å²) in [7, 11) is 0. The van der Waals surface area contributed by atoms with Gasteiger partial charge in [0.05, 0.1) is 52.9 Å². The lowest BCUT2D eigenvalue weighted by molar-refractivity contribution is -0.140. The molecule has 8 rings (SSSR count). The van der Waals surface area contributed by atoms with E-state index in [2.05, 4.69) is 35.7 Å². The zero-order valence-electron chi connectivity index (χ0n) is 53.9. The predicted octanol–water partition coefficient (Wildman–Crippen LogP) is 10.1. The molecule has 0 saturated heterocycles. The van der Waals surface area contributed by atoms with Gasteiger partial charge in [0.25, 0.3) is 0 Å². The third kappa shape index (κ3) is 32.0. The molecule has 0 amide bonds. The maximum atomic E-state index is 11.5. The van der Waals surface area contributed by atoms with Gasteiger partial charge in [-0.15, -0.1) is 0 Å². The number of carbonyl (C=O) groups is 3. The second-order valence-corrected chi connectivity index (χ2v) is 21.3. The van der Waals surface area contributed by atoms with E-state index in [0.29, 0.717) is 150 Å². The summed E-state index contributed by atoms with van der Waals surface area (Å²) in [6.07, 6.45) is 3.79. The monoisotopic (exact) mass is 1450 g/mol. The van der Waals surface area contributed by atoms with Crippen LogP contribution in [-0.2, 0) is 23.9 Å². The Morgan fingerprint density at radius 1 is 0.388 bits per heavy atom. The molecule has 0 aliphatic carbocycles. The normalized spacial score (nSPS) is 10.2. The first-order valence-corrected chi connectivity index (χ1v) is 31.6. The highest BCUT2D eigenvalue weighted by Crippen LogP contribution is 2.35. The minimum Gasteiger partial charge on any atom is -0.504 e. The van der Waals surface area contributed by atoms with E-state index in [1.807, 2.05) is 0 Å². The molecule has 98 heavy (non-hydrogen) atoms. The number of hydrogen-bond acceptors (Lipinski definition) is 26. The highest BCUT2D eigenvalue weighted by molar-refractivity contribution is 9.09. The maximum Gasteiger partial charge on any atom is 0.336 e. The van der Waals surface area contributed by atoms with Crippen LogP contribution in [-0.4, -0.2) is 144 Å². The van der Waals surface area contributed by atoms with Crippen molar-refractivity contribution in [2.75, 3.05) is 91.2 Å². The molecule has 8 aromatic rings. The first-order chi connectivity index (χ1) is 46.5. The number of ether oxygens (including phenoxy) is 8. The molecule has 0 radical (unpaired) electrons. The van der Waals surface area contributed by atoms with Crippen molar-refractivity contribution >= 4 is 88.6 Å². The average molecular weight is 1460 g/mol. The fraction of sp³-hybridized carbons (Fsp3) is 0.357. The number of phenols is 2. The summed E-state index contributed by atoms with van der Waals surface area (Å²) < 4.78 is 64.0. The maximum absolute atomic E-state index is 11.5. The number of alkyl halides is 1. The smallest absolute Gasteiger partial charge is 0.336 e. The Morgan fingerprint density at radius 3 is 0.878 bits per heavy atom. The number of fused-ring (bicyclic) bond motifs is 4. The van der Waals surface area contributed by atoms with Crippen molar-refractivity contribution in [3.63, 3.8) is 0 Å². The molecule has 0 fully saturated rings. The molecule has 7 N–H and O–H groups in total. The topological polar surface area (TPSA) is 388 Å². The van der Waals surface area contributed by atoms with Crippen LogP contribution in [0.3, 0.4) is 0 Å². The van der Waals surface area contributed by atoms with Gasteiger partial charge >= 0.3 is 34.4 Å². The summed E-state index contributed by atoms with van der Waals surface area (Å²) in [5.74, 6) is 1.32. The third-order valence-corrected chi connectivity index (χ3v) is 12.8. The van der Waals surface area contributed by atoms with E-state index in [1.165, 1.54) is 42.5 Å². The number of hydrogen-bond donors (Lipinski definition) is 7. The van der Waals surface area contributed by atoms with Gasteiger partial charge in [-0.25, -0.2) is 28.8 Å². The first kappa shape index (κ1) is 84.6. The minimum atomic E-state index is -0.488.